The Hall–Kier alpha value is -1.94. The lowest BCUT2D eigenvalue weighted by molar-refractivity contribution is -0.161. The van der Waals surface area contributed by atoms with Crippen LogP contribution in [0.2, 0.25) is 0 Å². The monoisotopic (exact) mass is 1380 g/mol. The quantitative estimate of drug-likeness (QED) is 0.0222. The van der Waals surface area contributed by atoms with Gasteiger partial charge >= 0.3 is 39.5 Å². The number of ether oxygens (including phenoxy) is 4. The van der Waals surface area contributed by atoms with Gasteiger partial charge in [0.2, 0.25) is 0 Å². The first kappa shape index (κ1) is 92.1. The van der Waals surface area contributed by atoms with Crippen LogP contribution in [-0.2, 0) is 65.4 Å². The lowest BCUT2D eigenvalue weighted by atomic mass is 9.99. The third-order valence-electron chi connectivity index (χ3n) is 17.9. The molecule has 558 valence electrons. The Morgan fingerprint density at radius 2 is 0.511 bits per heavy atom. The van der Waals surface area contributed by atoms with E-state index in [2.05, 4.69) is 34.6 Å². The fraction of sp³-hybridized carbons (Fsp3) is 0.947. The predicted molar refractivity (Wildman–Crippen MR) is 382 cm³/mol. The molecular formula is C75H146O17P2. The molecule has 0 aromatic heterocycles. The number of hydrogen-bond donors (Lipinski definition) is 3. The zero-order chi connectivity index (χ0) is 69.1. The van der Waals surface area contributed by atoms with Crippen molar-refractivity contribution in [3.63, 3.8) is 0 Å². The molecule has 0 aromatic carbocycles. The molecular weight excluding hydrogens is 1230 g/mol. The van der Waals surface area contributed by atoms with Gasteiger partial charge in [-0.05, 0) is 31.6 Å². The summed E-state index contributed by atoms with van der Waals surface area (Å²) in [6.07, 6.45) is 56.7. The van der Waals surface area contributed by atoms with Gasteiger partial charge in [-0.3, -0.25) is 37.3 Å². The van der Waals surface area contributed by atoms with E-state index in [-0.39, 0.29) is 25.7 Å². The van der Waals surface area contributed by atoms with E-state index in [1.54, 1.807) is 0 Å². The highest BCUT2D eigenvalue weighted by Gasteiger charge is 2.30. The first-order valence-corrected chi connectivity index (χ1v) is 42.2. The third-order valence-corrected chi connectivity index (χ3v) is 19.8. The van der Waals surface area contributed by atoms with Gasteiger partial charge in [-0.2, -0.15) is 0 Å². The van der Waals surface area contributed by atoms with Crippen LogP contribution in [0.1, 0.15) is 394 Å². The fourth-order valence-corrected chi connectivity index (χ4v) is 13.1. The highest BCUT2D eigenvalue weighted by molar-refractivity contribution is 7.47. The fourth-order valence-electron chi connectivity index (χ4n) is 11.5. The molecule has 0 radical (unpaired) electrons. The molecule has 0 aliphatic rings. The maximum Gasteiger partial charge on any atom is 0.472 e. The molecule has 0 heterocycles. The van der Waals surface area contributed by atoms with E-state index in [1.165, 1.54) is 218 Å². The lowest BCUT2D eigenvalue weighted by Crippen LogP contribution is -2.30. The van der Waals surface area contributed by atoms with Crippen LogP contribution in [0.15, 0.2) is 0 Å². The second kappa shape index (κ2) is 68.2. The lowest BCUT2D eigenvalue weighted by Gasteiger charge is -2.21. The molecule has 6 atom stereocenters. The molecule has 0 saturated heterocycles. The minimum absolute atomic E-state index is 0.108. The number of carbonyl (C=O) groups excluding carboxylic acids is 4. The van der Waals surface area contributed by atoms with Crippen molar-refractivity contribution < 1.29 is 80.2 Å². The van der Waals surface area contributed by atoms with Crippen molar-refractivity contribution in [2.75, 3.05) is 39.6 Å². The van der Waals surface area contributed by atoms with Gasteiger partial charge in [0.05, 0.1) is 26.4 Å². The third kappa shape index (κ3) is 67.3. The summed E-state index contributed by atoms with van der Waals surface area (Å²) in [6, 6.07) is 0. The van der Waals surface area contributed by atoms with Gasteiger partial charge in [0.1, 0.15) is 19.3 Å². The topological polar surface area (TPSA) is 237 Å². The molecule has 94 heavy (non-hydrogen) atoms. The standard InChI is InChI=1S/C75H146O17P2/c1-6-10-13-16-19-22-25-27-28-29-30-31-32-34-41-46-51-56-61-75(80)92-71(65-86-73(78)59-54-49-44-39-36-35-37-42-47-52-57-68(5)9-4)67-90-94(83,84)88-63-69(76)62-87-93(81,82)89-66-70(64-85-72(77)58-53-48-43-38-24-21-18-15-12-8-3)91-74(79)60-55-50-45-40-33-26-23-20-17-14-11-7-2/h68-71,76H,6-67H2,1-5H3,(H,81,82)(H,83,84)/t68?,69-,70+,71+/m0/s1. The highest BCUT2D eigenvalue weighted by atomic mass is 31.2. The first-order valence-electron chi connectivity index (χ1n) is 39.2. The summed E-state index contributed by atoms with van der Waals surface area (Å²) in [5.41, 5.74) is 0. The highest BCUT2D eigenvalue weighted by Crippen LogP contribution is 2.45. The van der Waals surface area contributed by atoms with Crippen LogP contribution in [-0.4, -0.2) is 96.7 Å². The summed E-state index contributed by atoms with van der Waals surface area (Å²) in [7, 11) is -9.91. The van der Waals surface area contributed by atoms with Crippen LogP contribution in [0.3, 0.4) is 0 Å². The second-order valence-corrected chi connectivity index (χ2v) is 30.2. The van der Waals surface area contributed by atoms with Gasteiger partial charge in [0.15, 0.2) is 12.2 Å². The van der Waals surface area contributed by atoms with E-state index in [9.17, 15) is 43.2 Å². The number of unbranched alkanes of at least 4 members (excludes halogenated alkanes) is 46. The molecule has 3 unspecified atom stereocenters. The van der Waals surface area contributed by atoms with Crippen LogP contribution in [0.25, 0.3) is 0 Å². The van der Waals surface area contributed by atoms with Gasteiger partial charge in [-0.25, -0.2) is 9.13 Å². The van der Waals surface area contributed by atoms with Crippen LogP contribution in [0, 0.1) is 5.92 Å². The number of hydrogen-bond acceptors (Lipinski definition) is 15. The van der Waals surface area contributed by atoms with Crippen molar-refractivity contribution in [3.8, 4) is 0 Å². The number of phosphoric ester groups is 2. The van der Waals surface area contributed by atoms with Crippen LogP contribution >= 0.6 is 15.6 Å². The maximum atomic E-state index is 13.1. The zero-order valence-electron chi connectivity index (χ0n) is 61.1. The van der Waals surface area contributed by atoms with Gasteiger partial charge in [0.25, 0.3) is 0 Å². The molecule has 19 heteroatoms. The molecule has 17 nitrogen and oxygen atoms in total. The normalized spacial score (nSPS) is 14.3. The molecule has 3 N–H and O–H groups in total. The molecule has 0 rings (SSSR count). The van der Waals surface area contributed by atoms with E-state index in [4.69, 9.17) is 37.0 Å². The van der Waals surface area contributed by atoms with E-state index in [1.807, 2.05) is 0 Å². The summed E-state index contributed by atoms with van der Waals surface area (Å²) >= 11 is 0. The Kier molecular flexibility index (Phi) is 66.8. The molecule has 0 bridgehead atoms. The van der Waals surface area contributed by atoms with Crippen LogP contribution in [0.4, 0.5) is 0 Å². The van der Waals surface area contributed by atoms with Gasteiger partial charge < -0.3 is 33.8 Å². The maximum absolute atomic E-state index is 13.1. The van der Waals surface area contributed by atoms with Crippen molar-refractivity contribution in [1.82, 2.24) is 0 Å². The number of rotatable bonds is 75. The predicted octanol–water partition coefficient (Wildman–Crippen LogP) is 22.1. The molecule has 0 aliphatic carbocycles. The summed E-state index contributed by atoms with van der Waals surface area (Å²) in [6.45, 7) is 7.31. The molecule has 0 aromatic rings. The molecule has 0 saturated carbocycles. The first-order chi connectivity index (χ1) is 45.6. The summed E-state index contributed by atoms with van der Waals surface area (Å²) in [5, 5.41) is 10.6. The Balaban J connectivity index is 5.24. The van der Waals surface area contributed by atoms with Crippen LogP contribution < -0.4 is 0 Å². The van der Waals surface area contributed by atoms with Crippen molar-refractivity contribution in [3.05, 3.63) is 0 Å². The number of esters is 4. The van der Waals surface area contributed by atoms with Crippen molar-refractivity contribution in [2.24, 2.45) is 5.92 Å². The summed E-state index contributed by atoms with van der Waals surface area (Å²) in [4.78, 5) is 72.7. The van der Waals surface area contributed by atoms with E-state index >= 15 is 0 Å². The van der Waals surface area contributed by atoms with Crippen molar-refractivity contribution >= 4 is 39.5 Å². The number of aliphatic hydroxyl groups excluding tert-OH is 1. The number of phosphoric acid groups is 2. The van der Waals surface area contributed by atoms with E-state index in [0.717, 1.165) is 95.8 Å². The molecule has 0 fully saturated rings. The minimum Gasteiger partial charge on any atom is -0.462 e. The van der Waals surface area contributed by atoms with Crippen molar-refractivity contribution in [1.29, 1.82) is 0 Å². The Labute approximate surface area is 575 Å². The van der Waals surface area contributed by atoms with E-state index < -0.39 is 97.5 Å². The Morgan fingerprint density at radius 3 is 0.755 bits per heavy atom. The molecule has 0 amide bonds. The van der Waals surface area contributed by atoms with E-state index in [0.29, 0.717) is 25.7 Å². The summed E-state index contributed by atoms with van der Waals surface area (Å²) < 4.78 is 68.5. The van der Waals surface area contributed by atoms with Crippen molar-refractivity contribution in [2.45, 2.75) is 412 Å². The average molecular weight is 1380 g/mol. The number of aliphatic hydroxyl groups is 1. The van der Waals surface area contributed by atoms with Gasteiger partial charge in [0, 0.05) is 25.7 Å². The number of carbonyl (C=O) groups is 4. The Bertz CT molecular complexity index is 1810. The van der Waals surface area contributed by atoms with Crippen LogP contribution in [0.5, 0.6) is 0 Å². The van der Waals surface area contributed by atoms with Gasteiger partial charge in [-0.1, -0.05) is 343 Å². The second-order valence-electron chi connectivity index (χ2n) is 27.3. The summed E-state index contributed by atoms with van der Waals surface area (Å²) in [5.74, 6) is -1.30. The smallest absolute Gasteiger partial charge is 0.462 e. The molecule has 0 aliphatic heterocycles. The zero-order valence-corrected chi connectivity index (χ0v) is 62.9. The SMILES string of the molecule is CCCCCCCCCCCCCCCCCCCCC(=O)O[C@H](COC(=O)CCCCCCCCCCCCC(C)CC)COP(=O)(O)OC[C@@H](O)COP(=O)(O)OC[C@@H](COC(=O)CCCCCCCCCCCC)OC(=O)CCCCCCCCCCCCCC. The average Bonchev–Trinajstić information content (AvgIpc) is 2.14. The Morgan fingerprint density at radius 1 is 0.298 bits per heavy atom. The largest absolute Gasteiger partial charge is 0.472 e. The minimum atomic E-state index is -4.96. The van der Waals surface area contributed by atoms with Gasteiger partial charge in [-0.15, -0.1) is 0 Å². The molecule has 0 spiro atoms.